The van der Waals surface area contributed by atoms with Crippen molar-refractivity contribution in [1.82, 2.24) is 0 Å². The number of benzene rings is 8. The van der Waals surface area contributed by atoms with E-state index < -0.39 is 0 Å². The number of hydrogen-bond donors (Lipinski definition) is 0. The summed E-state index contributed by atoms with van der Waals surface area (Å²) >= 11 is 0. The largest absolute Gasteiger partial charge is 0.0757 e. The van der Waals surface area contributed by atoms with E-state index in [1.54, 1.807) is 0 Å². The first kappa shape index (κ1) is 33.1. The average Bonchev–Trinajstić information content (AvgIpc) is 3.61. The maximum atomic E-state index is 2.56. The third-order valence-corrected chi connectivity index (χ3v) is 13.5. The number of rotatable bonds is 4. The van der Waals surface area contributed by atoms with Crippen LogP contribution in [0.3, 0.4) is 0 Å². The first-order chi connectivity index (χ1) is 27.3. The third kappa shape index (κ3) is 4.72. The monoisotopic (exact) mass is 716 g/mol. The summed E-state index contributed by atoms with van der Waals surface area (Å²) in [4.78, 5) is 0. The van der Waals surface area contributed by atoms with Crippen molar-refractivity contribution in [2.24, 2.45) is 0 Å². The summed E-state index contributed by atoms with van der Waals surface area (Å²) in [5.41, 5.74) is 20.1. The van der Waals surface area contributed by atoms with Crippen LogP contribution in [0.1, 0.15) is 67.9 Å². The Bertz CT molecular complexity index is 2980. The molecule has 0 saturated heterocycles. The molecule has 0 nitrogen and oxygen atoms in total. The SMILES string of the molecule is CC1(C)C2=CC(c3c4ccccc4c(-c4ccc5c(c4)C(C)(C)c4ccccc4-5)c4cc(-c5ccccc5-c5ccccc5)ccc34)=CCC2c2ccccc21. The molecule has 3 aliphatic carbocycles. The molecule has 0 spiro atoms. The second-order valence-electron chi connectivity index (χ2n) is 17.2. The van der Waals surface area contributed by atoms with Gasteiger partial charge in [-0.15, -0.1) is 0 Å². The summed E-state index contributed by atoms with van der Waals surface area (Å²) < 4.78 is 0. The molecular formula is C56H44. The van der Waals surface area contributed by atoms with E-state index in [-0.39, 0.29) is 10.8 Å². The van der Waals surface area contributed by atoms with Gasteiger partial charge in [-0.25, -0.2) is 0 Å². The summed E-state index contributed by atoms with van der Waals surface area (Å²) in [7, 11) is 0. The second-order valence-corrected chi connectivity index (χ2v) is 17.2. The minimum atomic E-state index is -0.0887. The fourth-order valence-electron chi connectivity index (χ4n) is 10.7. The molecule has 8 aromatic carbocycles. The van der Waals surface area contributed by atoms with Crippen LogP contribution in [0.2, 0.25) is 0 Å². The molecule has 0 aromatic heterocycles. The smallest absolute Gasteiger partial charge is 0.0159 e. The van der Waals surface area contributed by atoms with Gasteiger partial charge in [-0.3, -0.25) is 0 Å². The molecule has 0 bridgehead atoms. The van der Waals surface area contributed by atoms with E-state index in [2.05, 4.69) is 204 Å². The van der Waals surface area contributed by atoms with Crippen molar-refractivity contribution in [2.45, 2.75) is 50.9 Å². The van der Waals surface area contributed by atoms with Gasteiger partial charge >= 0.3 is 0 Å². The van der Waals surface area contributed by atoms with Crippen LogP contribution in [0, 0.1) is 0 Å². The van der Waals surface area contributed by atoms with Crippen LogP contribution < -0.4 is 0 Å². The molecule has 0 radical (unpaired) electrons. The van der Waals surface area contributed by atoms with E-state index in [1.165, 1.54) is 105 Å². The predicted molar refractivity (Wildman–Crippen MR) is 238 cm³/mol. The highest BCUT2D eigenvalue weighted by atomic mass is 14.5. The van der Waals surface area contributed by atoms with Crippen molar-refractivity contribution in [3.8, 4) is 44.5 Å². The van der Waals surface area contributed by atoms with Crippen LogP contribution in [0.15, 0.2) is 182 Å². The van der Waals surface area contributed by atoms with Crippen LogP contribution in [0.25, 0.3) is 71.6 Å². The number of fused-ring (bicyclic) bond motifs is 8. The lowest BCUT2D eigenvalue weighted by atomic mass is 9.75. The van der Waals surface area contributed by atoms with Crippen LogP contribution in [0.5, 0.6) is 0 Å². The fourth-order valence-corrected chi connectivity index (χ4v) is 10.7. The second kappa shape index (κ2) is 12.1. The van der Waals surface area contributed by atoms with Crippen molar-refractivity contribution in [3.05, 3.63) is 209 Å². The van der Waals surface area contributed by atoms with Crippen LogP contribution in [0.4, 0.5) is 0 Å². The van der Waals surface area contributed by atoms with Gasteiger partial charge in [0.05, 0.1) is 0 Å². The van der Waals surface area contributed by atoms with E-state index in [4.69, 9.17) is 0 Å². The van der Waals surface area contributed by atoms with Gasteiger partial charge in [-0.05, 0) is 118 Å². The highest BCUT2D eigenvalue weighted by Crippen LogP contribution is 2.56. The Labute approximate surface area is 330 Å². The molecule has 0 amide bonds. The van der Waals surface area contributed by atoms with Gasteiger partial charge < -0.3 is 0 Å². The van der Waals surface area contributed by atoms with E-state index in [0.717, 1.165) is 6.42 Å². The van der Waals surface area contributed by atoms with E-state index in [1.807, 2.05) is 0 Å². The Morgan fingerprint density at radius 3 is 1.79 bits per heavy atom. The van der Waals surface area contributed by atoms with Crippen molar-refractivity contribution in [3.63, 3.8) is 0 Å². The van der Waals surface area contributed by atoms with E-state index >= 15 is 0 Å². The summed E-state index contributed by atoms with van der Waals surface area (Å²) in [6.45, 7) is 9.62. The molecule has 1 atom stereocenters. The first-order valence-corrected chi connectivity index (χ1v) is 20.2. The molecule has 11 rings (SSSR count). The van der Waals surface area contributed by atoms with Crippen molar-refractivity contribution >= 4 is 27.1 Å². The van der Waals surface area contributed by atoms with Gasteiger partial charge in [0.1, 0.15) is 0 Å². The summed E-state index contributed by atoms with van der Waals surface area (Å²) in [6, 6.07) is 61.5. The zero-order chi connectivity index (χ0) is 37.8. The van der Waals surface area contributed by atoms with Crippen LogP contribution in [-0.4, -0.2) is 0 Å². The van der Waals surface area contributed by atoms with Gasteiger partial charge in [0, 0.05) is 16.7 Å². The quantitative estimate of drug-likeness (QED) is 0.159. The minimum absolute atomic E-state index is 0.0184. The lowest BCUT2D eigenvalue weighted by Crippen LogP contribution is -2.17. The molecule has 0 N–H and O–H groups in total. The molecule has 268 valence electrons. The summed E-state index contributed by atoms with van der Waals surface area (Å²) in [5, 5.41) is 5.21. The maximum absolute atomic E-state index is 2.56. The number of allylic oxidation sites excluding steroid dienone is 4. The molecular weight excluding hydrogens is 673 g/mol. The summed E-state index contributed by atoms with van der Waals surface area (Å²) in [5.74, 6) is 0.432. The highest BCUT2D eigenvalue weighted by molar-refractivity contribution is 6.20. The lowest BCUT2D eigenvalue weighted by molar-refractivity contribution is 0.613. The van der Waals surface area contributed by atoms with Crippen molar-refractivity contribution < 1.29 is 0 Å². The average molecular weight is 717 g/mol. The van der Waals surface area contributed by atoms with E-state index in [9.17, 15) is 0 Å². The minimum Gasteiger partial charge on any atom is -0.0757 e. The Morgan fingerprint density at radius 1 is 0.411 bits per heavy atom. The van der Waals surface area contributed by atoms with Crippen LogP contribution >= 0.6 is 0 Å². The molecule has 0 fully saturated rings. The Morgan fingerprint density at radius 2 is 1.00 bits per heavy atom. The van der Waals surface area contributed by atoms with Gasteiger partial charge in [-0.1, -0.05) is 197 Å². The normalized spacial score (nSPS) is 17.2. The zero-order valence-corrected chi connectivity index (χ0v) is 32.5. The van der Waals surface area contributed by atoms with Crippen LogP contribution in [-0.2, 0) is 10.8 Å². The third-order valence-electron chi connectivity index (χ3n) is 13.5. The Balaban J connectivity index is 1.19. The first-order valence-electron chi connectivity index (χ1n) is 20.2. The molecule has 0 heteroatoms. The topological polar surface area (TPSA) is 0 Å². The molecule has 8 aromatic rings. The van der Waals surface area contributed by atoms with Crippen molar-refractivity contribution in [2.75, 3.05) is 0 Å². The van der Waals surface area contributed by atoms with Gasteiger partial charge in [0.25, 0.3) is 0 Å². The Hall–Kier alpha value is -6.24. The van der Waals surface area contributed by atoms with E-state index in [0.29, 0.717) is 5.92 Å². The molecule has 1 unspecified atom stereocenters. The lowest BCUT2D eigenvalue weighted by Gasteiger charge is -2.28. The summed E-state index contributed by atoms with van der Waals surface area (Å²) in [6.07, 6.45) is 6.10. The van der Waals surface area contributed by atoms with Gasteiger partial charge in [-0.2, -0.15) is 0 Å². The van der Waals surface area contributed by atoms with Crippen molar-refractivity contribution in [1.29, 1.82) is 0 Å². The maximum Gasteiger partial charge on any atom is 0.0159 e. The zero-order valence-electron chi connectivity index (χ0n) is 32.5. The highest BCUT2D eigenvalue weighted by Gasteiger charge is 2.42. The standard InChI is InChI=1S/C56H44/c1-55(2)49-24-14-12-20-41(49)43-29-27-37(33-51(43)55)53-45-22-10-11-23-46(45)54(38-28-30-44-42-21-13-15-25-50(42)56(3,4)52(44)34-38)48-32-36(26-31-47(48)53)40-19-9-8-18-39(40)35-16-6-5-7-17-35/h5-28,30-34,43H,29H2,1-4H3. The van der Waals surface area contributed by atoms with Gasteiger partial charge in [0.15, 0.2) is 0 Å². The van der Waals surface area contributed by atoms with Gasteiger partial charge in [0.2, 0.25) is 0 Å². The molecule has 56 heavy (non-hydrogen) atoms. The molecule has 0 heterocycles. The molecule has 3 aliphatic rings. The number of hydrogen-bond acceptors (Lipinski definition) is 0. The fraction of sp³-hybridized carbons (Fsp3) is 0.143. The predicted octanol–water partition coefficient (Wildman–Crippen LogP) is 15.1. The molecule has 0 saturated carbocycles. The Kier molecular flexibility index (Phi) is 7.18. The molecule has 0 aliphatic heterocycles.